The van der Waals surface area contributed by atoms with Crippen LogP contribution in [0, 0.1) is 0 Å². The molecule has 34 heavy (non-hydrogen) atoms. The van der Waals surface area contributed by atoms with Crippen molar-refractivity contribution in [3.8, 4) is 0 Å². The van der Waals surface area contributed by atoms with Crippen molar-refractivity contribution in [2.45, 2.75) is 57.4 Å². The number of imide groups is 1. The Morgan fingerprint density at radius 3 is 2.32 bits per heavy atom. The van der Waals surface area contributed by atoms with Crippen LogP contribution in [0.1, 0.15) is 37.7 Å². The maximum absolute atomic E-state index is 12.9. The van der Waals surface area contributed by atoms with Crippen LogP contribution in [0.4, 0.5) is 9.59 Å². The Kier molecular flexibility index (Phi) is 7.84. The van der Waals surface area contributed by atoms with Crippen LogP contribution in [0.3, 0.4) is 0 Å². The van der Waals surface area contributed by atoms with E-state index in [9.17, 15) is 19.2 Å². The van der Waals surface area contributed by atoms with E-state index in [-0.39, 0.29) is 36.6 Å². The van der Waals surface area contributed by atoms with E-state index in [0.717, 1.165) is 45.3 Å². The number of likely N-dealkylation sites (tertiary alicyclic amines) is 2. The minimum atomic E-state index is -0.857. The molecule has 0 spiro atoms. The molecule has 0 unspecified atom stereocenters. The van der Waals surface area contributed by atoms with Gasteiger partial charge in [-0.2, -0.15) is 0 Å². The molecule has 3 saturated heterocycles. The molecule has 11 heteroatoms. The highest BCUT2D eigenvalue weighted by atomic mass is 16.5. The highest BCUT2D eigenvalue weighted by Crippen LogP contribution is 2.21. The molecule has 1 aromatic rings. The summed E-state index contributed by atoms with van der Waals surface area (Å²) in [7, 11) is 0. The standard InChI is InChI=1S/C23H33N5O6/c29-20-7-13-28(22(31)24-20)16-17-2-1-8-26(21(17)30)15-14-25-9-3-18(4-10-25)34-19-5-11-27(12-6-19)23(32)33/h1-2,8,18-19H,3-7,9-16H2,(H,32,33)(H,24,29,31). The lowest BCUT2D eigenvalue weighted by Gasteiger charge is -2.36. The highest BCUT2D eigenvalue weighted by molar-refractivity contribution is 5.96. The number of hydrogen-bond donors (Lipinski definition) is 2. The number of piperidine rings is 2. The van der Waals surface area contributed by atoms with Gasteiger partial charge in [0, 0.05) is 64.0 Å². The van der Waals surface area contributed by atoms with E-state index >= 15 is 0 Å². The van der Waals surface area contributed by atoms with E-state index in [0.29, 0.717) is 31.7 Å². The molecule has 0 bridgehead atoms. The fourth-order valence-corrected chi connectivity index (χ4v) is 4.81. The molecule has 4 rings (SSSR count). The van der Waals surface area contributed by atoms with Gasteiger partial charge in [0.15, 0.2) is 0 Å². The minimum Gasteiger partial charge on any atom is -0.465 e. The van der Waals surface area contributed by atoms with Crippen molar-refractivity contribution in [2.75, 3.05) is 39.3 Å². The van der Waals surface area contributed by atoms with Crippen molar-refractivity contribution in [2.24, 2.45) is 0 Å². The average Bonchev–Trinajstić information content (AvgIpc) is 2.82. The SMILES string of the molecule is O=C1CCN(Cc2cccn(CCN3CCC(OC4CCN(C(=O)O)CC4)CC3)c2=O)C(=O)N1. The molecule has 0 aromatic carbocycles. The van der Waals surface area contributed by atoms with Gasteiger partial charge in [0.2, 0.25) is 5.91 Å². The molecule has 11 nitrogen and oxygen atoms in total. The summed E-state index contributed by atoms with van der Waals surface area (Å²) in [6, 6.07) is 3.09. The summed E-state index contributed by atoms with van der Waals surface area (Å²) in [6.45, 7) is 4.69. The molecule has 186 valence electrons. The van der Waals surface area contributed by atoms with Gasteiger partial charge in [0.05, 0.1) is 18.8 Å². The number of hydrogen-bond acceptors (Lipinski definition) is 6. The van der Waals surface area contributed by atoms with E-state index in [4.69, 9.17) is 9.84 Å². The number of carboxylic acid groups (broad SMARTS) is 1. The third kappa shape index (κ3) is 6.15. The molecule has 4 amide bonds. The number of urea groups is 1. The maximum atomic E-state index is 12.9. The first-order valence-electron chi connectivity index (χ1n) is 12.0. The summed E-state index contributed by atoms with van der Waals surface area (Å²) in [5, 5.41) is 11.3. The number of pyridine rings is 1. The molecule has 1 aromatic heterocycles. The third-order valence-electron chi connectivity index (χ3n) is 6.89. The maximum Gasteiger partial charge on any atom is 0.407 e. The molecule has 4 heterocycles. The topological polar surface area (TPSA) is 124 Å². The van der Waals surface area contributed by atoms with Crippen LogP contribution in [0.5, 0.6) is 0 Å². The van der Waals surface area contributed by atoms with Crippen molar-refractivity contribution in [1.82, 2.24) is 24.6 Å². The molecule has 2 N–H and O–H groups in total. The minimum absolute atomic E-state index is 0.113. The van der Waals surface area contributed by atoms with Gasteiger partial charge >= 0.3 is 12.1 Å². The highest BCUT2D eigenvalue weighted by Gasteiger charge is 2.27. The predicted molar refractivity (Wildman–Crippen MR) is 122 cm³/mol. The first-order chi connectivity index (χ1) is 16.4. The van der Waals surface area contributed by atoms with Crippen LogP contribution < -0.4 is 10.9 Å². The quantitative estimate of drug-likeness (QED) is 0.601. The summed E-state index contributed by atoms with van der Waals surface area (Å²) < 4.78 is 7.92. The van der Waals surface area contributed by atoms with Crippen LogP contribution in [-0.2, 0) is 22.6 Å². The molecule has 0 radical (unpaired) electrons. The first kappa shape index (κ1) is 24.2. The fraction of sp³-hybridized carbons (Fsp3) is 0.652. The second-order valence-electron chi connectivity index (χ2n) is 9.20. The molecule has 0 saturated carbocycles. The van der Waals surface area contributed by atoms with Gasteiger partial charge in [0.25, 0.3) is 5.56 Å². The zero-order valence-corrected chi connectivity index (χ0v) is 19.4. The first-order valence-corrected chi connectivity index (χ1v) is 12.0. The zero-order valence-electron chi connectivity index (χ0n) is 19.4. The van der Waals surface area contributed by atoms with Crippen molar-refractivity contribution < 1.29 is 24.2 Å². The molecule has 0 atom stereocenters. The van der Waals surface area contributed by atoms with Gasteiger partial charge in [-0.05, 0) is 31.7 Å². The Hall–Kier alpha value is -2.92. The second kappa shape index (κ2) is 11.0. The third-order valence-corrected chi connectivity index (χ3v) is 6.89. The fourth-order valence-electron chi connectivity index (χ4n) is 4.81. The van der Waals surface area contributed by atoms with E-state index in [1.165, 1.54) is 9.80 Å². The largest absolute Gasteiger partial charge is 0.465 e. The normalized spacial score (nSPS) is 21.1. The Labute approximate surface area is 198 Å². The second-order valence-corrected chi connectivity index (χ2v) is 9.20. The average molecular weight is 476 g/mol. The van der Waals surface area contributed by atoms with Gasteiger partial charge in [-0.3, -0.25) is 14.9 Å². The van der Waals surface area contributed by atoms with Crippen molar-refractivity contribution in [3.05, 3.63) is 34.2 Å². The van der Waals surface area contributed by atoms with Crippen LogP contribution in [-0.4, -0.2) is 93.9 Å². The molecule has 3 aliphatic rings. The number of rotatable bonds is 7. The molecule has 0 aliphatic carbocycles. The number of aromatic nitrogens is 1. The number of carbonyl (C=O) groups is 3. The molecule has 3 aliphatic heterocycles. The number of ether oxygens (including phenoxy) is 1. The predicted octanol–water partition coefficient (Wildman–Crippen LogP) is 0.914. The Morgan fingerprint density at radius 2 is 1.68 bits per heavy atom. The van der Waals surface area contributed by atoms with Gasteiger partial charge in [-0.25, -0.2) is 9.59 Å². The van der Waals surface area contributed by atoms with Crippen LogP contribution >= 0.6 is 0 Å². The summed E-state index contributed by atoms with van der Waals surface area (Å²) in [6.07, 6.45) is 4.85. The lowest BCUT2D eigenvalue weighted by atomic mass is 10.0. The smallest absolute Gasteiger partial charge is 0.407 e. The summed E-state index contributed by atoms with van der Waals surface area (Å²) in [4.78, 5) is 52.5. The van der Waals surface area contributed by atoms with Crippen molar-refractivity contribution >= 4 is 18.0 Å². The number of amides is 4. The Morgan fingerprint density at radius 1 is 1.00 bits per heavy atom. The van der Waals surface area contributed by atoms with Crippen molar-refractivity contribution in [3.63, 3.8) is 0 Å². The number of carbonyl (C=O) groups excluding carboxylic acids is 2. The summed E-state index contributed by atoms with van der Waals surface area (Å²) >= 11 is 0. The monoisotopic (exact) mass is 475 g/mol. The Balaban J connectivity index is 1.21. The number of nitrogens with zero attached hydrogens (tertiary/aromatic N) is 4. The van der Waals surface area contributed by atoms with Crippen molar-refractivity contribution in [1.29, 1.82) is 0 Å². The lowest BCUT2D eigenvalue weighted by molar-refractivity contribution is -0.121. The van der Waals surface area contributed by atoms with Gasteiger partial charge in [-0.1, -0.05) is 6.07 Å². The lowest BCUT2D eigenvalue weighted by Crippen LogP contribution is -2.49. The molecular weight excluding hydrogens is 442 g/mol. The van der Waals surface area contributed by atoms with Gasteiger partial charge in [-0.15, -0.1) is 0 Å². The van der Waals surface area contributed by atoms with Crippen LogP contribution in [0.2, 0.25) is 0 Å². The molecular formula is C23H33N5O6. The molecule has 3 fully saturated rings. The summed E-state index contributed by atoms with van der Waals surface area (Å²) in [5.74, 6) is -0.288. The van der Waals surface area contributed by atoms with E-state index in [2.05, 4.69) is 10.2 Å². The summed E-state index contributed by atoms with van der Waals surface area (Å²) in [5.41, 5.74) is 0.422. The van der Waals surface area contributed by atoms with E-state index in [1.807, 2.05) is 6.07 Å². The van der Waals surface area contributed by atoms with Gasteiger partial charge < -0.3 is 29.1 Å². The van der Waals surface area contributed by atoms with E-state index < -0.39 is 12.1 Å². The van der Waals surface area contributed by atoms with Crippen LogP contribution in [0.25, 0.3) is 0 Å². The zero-order chi connectivity index (χ0) is 24.1. The van der Waals surface area contributed by atoms with E-state index in [1.54, 1.807) is 16.8 Å². The van der Waals surface area contributed by atoms with Gasteiger partial charge in [0.1, 0.15) is 0 Å². The number of nitrogens with one attached hydrogen (secondary N) is 1. The Bertz CT molecular complexity index is 949. The van der Waals surface area contributed by atoms with Crippen LogP contribution in [0.15, 0.2) is 23.1 Å².